The standard InChI is InChI=1S/C15H12BrClO2/c1-10-2-7-13(17)15(8-10)19-9-14(18)11-3-5-12(16)6-4-11/h2-8H,9H2,1H3. The summed E-state index contributed by atoms with van der Waals surface area (Å²) in [6.45, 7) is 1.92. The number of aryl methyl sites for hydroxylation is 1. The third kappa shape index (κ3) is 3.82. The van der Waals surface area contributed by atoms with Gasteiger partial charge in [-0.25, -0.2) is 0 Å². The summed E-state index contributed by atoms with van der Waals surface area (Å²) in [4.78, 5) is 11.9. The Balaban J connectivity index is 2.04. The number of carbonyl (C=O) groups excluding carboxylic acids is 1. The first-order valence-corrected chi connectivity index (χ1v) is 6.91. The third-order valence-corrected chi connectivity index (χ3v) is 3.45. The molecule has 2 rings (SSSR count). The fraction of sp³-hybridized carbons (Fsp3) is 0.133. The van der Waals surface area contributed by atoms with Crippen LogP contribution >= 0.6 is 27.5 Å². The Morgan fingerprint density at radius 1 is 1.21 bits per heavy atom. The summed E-state index contributed by atoms with van der Waals surface area (Å²) >= 11 is 9.33. The van der Waals surface area contributed by atoms with Crippen LogP contribution in [-0.2, 0) is 0 Å². The summed E-state index contributed by atoms with van der Waals surface area (Å²) in [6, 6.07) is 12.6. The Bertz CT molecular complexity index is 594. The van der Waals surface area contributed by atoms with Crippen LogP contribution in [0.25, 0.3) is 0 Å². The van der Waals surface area contributed by atoms with E-state index in [0.29, 0.717) is 16.3 Å². The molecule has 2 aromatic rings. The molecule has 0 saturated heterocycles. The second-order valence-electron chi connectivity index (χ2n) is 4.15. The minimum atomic E-state index is -0.0786. The first-order chi connectivity index (χ1) is 9.06. The van der Waals surface area contributed by atoms with Gasteiger partial charge in [0.2, 0.25) is 0 Å². The molecule has 0 aromatic heterocycles. The number of ether oxygens (including phenoxy) is 1. The van der Waals surface area contributed by atoms with Gasteiger partial charge in [-0.1, -0.05) is 45.7 Å². The largest absolute Gasteiger partial charge is 0.484 e. The number of hydrogen-bond acceptors (Lipinski definition) is 2. The van der Waals surface area contributed by atoms with Crippen molar-refractivity contribution in [3.05, 3.63) is 63.1 Å². The quantitative estimate of drug-likeness (QED) is 0.757. The molecule has 0 saturated carbocycles. The van der Waals surface area contributed by atoms with Crippen molar-refractivity contribution in [1.82, 2.24) is 0 Å². The molecule has 0 amide bonds. The van der Waals surface area contributed by atoms with E-state index in [4.69, 9.17) is 16.3 Å². The summed E-state index contributed by atoms with van der Waals surface area (Å²) in [5.74, 6) is 0.456. The van der Waals surface area contributed by atoms with Crippen LogP contribution in [0.4, 0.5) is 0 Å². The Hall–Kier alpha value is -1.32. The molecule has 0 heterocycles. The van der Waals surface area contributed by atoms with Crippen LogP contribution < -0.4 is 4.74 Å². The average molecular weight is 340 g/mol. The first kappa shape index (κ1) is 14.1. The molecule has 2 nitrogen and oxygen atoms in total. The predicted molar refractivity (Wildman–Crippen MR) is 80.2 cm³/mol. The Kier molecular flexibility index (Phi) is 4.61. The molecule has 0 atom stereocenters. The van der Waals surface area contributed by atoms with E-state index in [2.05, 4.69) is 15.9 Å². The number of ketones is 1. The summed E-state index contributed by atoms with van der Waals surface area (Å²) in [5, 5.41) is 0.509. The third-order valence-electron chi connectivity index (χ3n) is 2.61. The van der Waals surface area contributed by atoms with Gasteiger partial charge in [0.1, 0.15) is 5.75 Å². The van der Waals surface area contributed by atoms with Crippen molar-refractivity contribution in [1.29, 1.82) is 0 Å². The van der Waals surface area contributed by atoms with Crippen molar-refractivity contribution >= 4 is 33.3 Å². The van der Waals surface area contributed by atoms with Gasteiger partial charge >= 0.3 is 0 Å². The van der Waals surface area contributed by atoms with Crippen LogP contribution in [0.1, 0.15) is 15.9 Å². The molecule has 2 aromatic carbocycles. The zero-order valence-electron chi connectivity index (χ0n) is 10.3. The maximum absolute atomic E-state index is 11.9. The molecule has 0 aliphatic heterocycles. The monoisotopic (exact) mass is 338 g/mol. The molecule has 0 N–H and O–H groups in total. The molecule has 19 heavy (non-hydrogen) atoms. The Morgan fingerprint density at radius 2 is 1.89 bits per heavy atom. The summed E-state index contributed by atoms with van der Waals surface area (Å²) in [6.07, 6.45) is 0. The van der Waals surface area contributed by atoms with Crippen molar-refractivity contribution in [2.75, 3.05) is 6.61 Å². The average Bonchev–Trinajstić information content (AvgIpc) is 2.40. The molecular formula is C15H12BrClO2. The van der Waals surface area contributed by atoms with E-state index in [1.54, 1.807) is 18.2 Å². The lowest BCUT2D eigenvalue weighted by atomic mass is 10.1. The number of halogens is 2. The van der Waals surface area contributed by atoms with Crippen LogP contribution in [0.5, 0.6) is 5.75 Å². The van der Waals surface area contributed by atoms with E-state index in [1.807, 2.05) is 31.2 Å². The highest BCUT2D eigenvalue weighted by atomic mass is 79.9. The van der Waals surface area contributed by atoms with Crippen molar-refractivity contribution < 1.29 is 9.53 Å². The van der Waals surface area contributed by atoms with E-state index in [-0.39, 0.29) is 12.4 Å². The van der Waals surface area contributed by atoms with E-state index >= 15 is 0 Å². The second kappa shape index (κ2) is 6.22. The minimum absolute atomic E-state index is 0.0230. The molecule has 0 radical (unpaired) electrons. The molecule has 4 heteroatoms. The molecule has 0 aliphatic rings. The van der Waals surface area contributed by atoms with Gasteiger partial charge in [0.15, 0.2) is 12.4 Å². The molecule has 0 fully saturated rings. The van der Waals surface area contributed by atoms with Gasteiger partial charge in [0, 0.05) is 10.0 Å². The number of rotatable bonds is 4. The maximum Gasteiger partial charge on any atom is 0.200 e. The van der Waals surface area contributed by atoms with Crippen LogP contribution in [-0.4, -0.2) is 12.4 Å². The molecule has 0 spiro atoms. The SMILES string of the molecule is Cc1ccc(Cl)c(OCC(=O)c2ccc(Br)cc2)c1. The Labute approximate surface area is 125 Å². The zero-order valence-corrected chi connectivity index (χ0v) is 12.7. The van der Waals surface area contributed by atoms with Crippen LogP contribution in [0, 0.1) is 6.92 Å². The summed E-state index contributed by atoms with van der Waals surface area (Å²) < 4.78 is 6.41. The highest BCUT2D eigenvalue weighted by Crippen LogP contribution is 2.25. The highest BCUT2D eigenvalue weighted by molar-refractivity contribution is 9.10. The first-order valence-electron chi connectivity index (χ1n) is 5.74. The van der Waals surface area contributed by atoms with Gasteiger partial charge in [-0.3, -0.25) is 4.79 Å². The van der Waals surface area contributed by atoms with Crippen LogP contribution in [0.15, 0.2) is 46.9 Å². The van der Waals surface area contributed by atoms with Crippen molar-refractivity contribution in [3.63, 3.8) is 0 Å². The normalized spacial score (nSPS) is 10.3. The molecule has 0 bridgehead atoms. The maximum atomic E-state index is 11.9. The number of hydrogen-bond donors (Lipinski definition) is 0. The van der Waals surface area contributed by atoms with Gasteiger partial charge in [0.05, 0.1) is 5.02 Å². The van der Waals surface area contributed by atoms with E-state index in [0.717, 1.165) is 10.0 Å². The molecular weight excluding hydrogens is 328 g/mol. The van der Waals surface area contributed by atoms with E-state index in [9.17, 15) is 4.79 Å². The van der Waals surface area contributed by atoms with E-state index in [1.165, 1.54) is 0 Å². The van der Waals surface area contributed by atoms with Gasteiger partial charge in [-0.05, 0) is 36.8 Å². The van der Waals surface area contributed by atoms with Crippen molar-refractivity contribution in [2.24, 2.45) is 0 Å². The summed E-state index contributed by atoms with van der Waals surface area (Å²) in [5.41, 5.74) is 1.66. The molecule has 0 unspecified atom stereocenters. The lowest BCUT2D eigenvalue weighted by molar-refractivity contribution is 0.0921. The molecule has 98 valence electrons. The van der Waals surface area contributed by atoms with Gasteiger partial charge in [0.25, 0.3) is 0 Å². The zero-order chi connectivity index (χ0) is 13.8. The smallest absolute Gasteiger partial charge is 0.200 e. The number of Topliss-reactive ketones (excluding diaryl/α,β-unsaturated/α-hetero) is 1. The van der Waals surface area contributed by atoms with Gasteiger partial charge < -0.3 is 4.74 Å². The topological polar surface area (TPSA) is 26.3 Å². The van der Waals surface area contributed by atoms with Gasteiger partial charge in [-0.2, -0.15) is 0 Å². The number of carbonyl (C=O) groups is 1. The van der Waals surface area contributed by atoms with Crippen molar-refractivity contribution in [2.45, 2.75) is 6.92 Å². The van der Waals surface area contributed by atoms with Crippen LogP contribution in [0.3, 0.4) is 0 Å². The Morgan fingerprint density at radius 3 is 2.58 bits per heavy atom. The molecule has 0 aliphatic carbocycles. The van der Waals surface area contributed by atoms with E-state index < -0.39 is 0 Å². The second-order valence-corrected chi connectivity index (χ2v) is 5.48. The highest BCUT2D eigenvalue weighted by Gasteiger charge is 2.08. The number of benzene rings is 2. The fourth-order valence-electron chi connectivity index (χ4n) is 1.58. The van der Waals surface area contributed by atoms with Gasteiger partial charge in [-0.15, -0.1) is 0 Å². The predicted octanol–water partition coefficient (Wildman–Crippen LogP) is 4.67. The lowest BCUT2D eigenvalue weighted by Crippen LogP contribution is -2.11. The fourth-order valence-corrected chi connectivity index (χ4v) is 2.02. The summed E-state index contributed by atoms with van der Waals surface area (Å²) in [7, 11) is 0. The van der Waals surface area contributed by atoms with Crippen LogP contribution in [0.2, 0.25) is 5.02 Å². The lowest BCUT2D eigenvalue weighted by Gasteiger charge is -2.08. The van der Waals surface area contributed by atoms with Crippen molar-refractivity contribution in [3.8, 4) is 5.75 Å². The minimum Gasteiger partial charge on any atom is -0.484 e.